The van der Waals surface area contributed by atoms with Crippen molar-refractivity contribution in [1.82, 2.24) is 13.9 Å². The summed E-state index contributed by atoms with van der Waals surface area (Å²) >= 11 is 0. The number of hydrogen-bond donors (Lipinski definition) is 3. The molecule has 0 aliphatic carbocycles. The molecule has 2 atom stereocenters. The predicted octanol–water partition coefficient (Wildman–Crippen LogP) is 3.03. The van der Waals surface area contributed by atoms with Crippen molar-refractivity contribution in [2.45, 2.75) is 58.5 Å². The van der Waals surface area contributed by atoms with E-state index in [4.69, 9.17) is 0 Å². The second-order valence-electron chi connectivity index (χ2n) is 6.90. The van der Waals surface area contributed by atoms with Gasteiger partial charge in [0.15, 0.2) is 0 Å². The molecule has 0 aromatic heterocycles. The highest BCUT2D eigenvalue weighted by molar-refractivity contribution is 7.11. The van der Waals surface area contributed by atoms with Gasteiger partial charge >= 0.3 is 0 Å². The number of nitrogens with one attached hydrogen (secondary N) is 3. The Hall–Kier alpha value is -0.212. The first-order valence-corrected chi connectivity index (χ1v) is 18.6. The van der Waals surface area contributed by atoms with Crippen molar-refractivity contribution >= 4 is 33.3 Å². The van der Waals surface area contributed by atoms with Crippen LogP contribution >= 0.6 is 0 Å². The number of hydrogen-bond acceptors (Lipinski definition) is 3. The molecular formula is C15H33N3Si4. The lowest BCUT2D eigenvalue weighted by atomic mass is 10.9. The molecule has 2 unspecified atom stereocenters. The van der Waals surface area contributed by atoms with Crippen LogP contribution in [0.5, 0.6) is 0 Å². The molecule has 7 heteroatoms. The van der Waals surface area contributed by atoms with Crippen LogP contribution in [0.25, 0.3) is 0 Å². The molecule has 0 radical (unpaired) electrons. The lowest BCUT2D eigenvalue weighted by Gasteiger charge is -2.48. The van der Waals surface area contributed by atoms with E-state index in [9.17, 15) is 0 Å². The SMILES string of the molecule is C=C[Si]1(C)N[Si](C)(C#C[Si](CC)(CC)CC)N[Si](C)(C=C)N1. The Bertz CT molecular complexity index is 464. The van der Waals surface area contributed by atoms with Gasteiger partial charge in [0.1, 0.15) is 8.07 Å². The van der Waals surface area contributed by atoms with Crippen molar-refractivity contribution in [2.75, 3.05) is 0 Å². The summed E-state index contributed by atoms with van der Waals surface area (Å²) in [6, 6.07) is 3.76. The van der Waals surface area contributed by atoms with Crippen LogP contribution in [0.4, 0.5) is 0 Å². The average Bonchev–Trinajstić information content (AvgIpc) is 2.48. The lowest BCUT2D eigenvalue weighted by molar-refractivity contribution is 1.08. The Balaban J connectivity index is 3.21. The maximum atomic E-state index is 4.06. The maximum absolute atomic E-state index is 4.06. The lowest BCUT2D eigenvalue weighted by Crippen LogP contribution is -2.89. The minimum absolute atomic E-state index is 1.25. The zero-order chi connectivity index (χ0) is 17.1. The van der Waals surface area contributed by atoms with E-state index in [-0.39, 0.29) is 0 Å². The van der Waals surface area contributed by atoms with Crippen LogP contribution in [0.3, 0.4) is 0 Å². The van der Waals surface area contributed by atoms with Crippen LogP contribution < -0.4 is 13.9 Å². The van der Waals surface area contributed by atoms with E-state index in [1.165, 1.54) is 18.1 Å². The quantitative estimate of drug-likeness (QED) is 0.516. The van der Waals surface area contributed by atoms with Gasteiger partial charge in [-0.3, -0.25) is 0 Å². The topological polar surface area (TPSA) is 36.1 Å². The first kappa shape index (κ1) is 19.8. The van der Waals surface area contributed by atoms with Gasteiger partial charge in [-0.15, -0.1) is 24.2 Å². The van der Waals surface area contributed by atoms with Crippen LogP contribution in [0.15, 0.2) is 24.6 Å². The van der Waals surface area contributed by atoms with Crippen LogP contribution in [0.1, 0.15) is 20.8 Å². The molecule has 1 rings (SSSR count). The summed E-state index contributed by atoms with van der Waals surface area (Å²) in [6.07, 6.45) is 0. The molecule has 0 aromatic carbocycles. The standard InChI is InChI=1S/C15H33N3Si4/c1-9-19(6)16-20(7,10-2)18-21(8,17-19)14-15-22(11-3,12-4)13-5/h9-10,16-18H,1-2,11-13H2,3-8H3. The molecule has 1 fully saturated rings. The molecule has 0 spiro atoms. The highest BCUT2D eigenvalue weighted by atomic mass is 28.5. The van der Waals surface area contributed by atoms with E-state index in [1.54, 1.807) is 0 Å². The van der Waals surface area contributed by atoms with Gasteiger partial charge in [0.25, 0.3) is 8.40 Å². The van der Waals surface area contributed by atoms with Crippen molar-refractivity contribution in [2.24, 2.45) is 0 Å². The van der Waals surface area contributed by atoms with Crippen molar-refractivity contribution in [3.63, 3.8) is 0 Å². The Morgan fingerprint density at radius 1 is 0.864 bits per heavy atom. The summed E-state index contributed by atoms with van der Waals surface area (Å²) in [5.74, 6) is 0. The Morgan fingerprint density at radius 3 is 1.59 bits per heavy atom. The summed E-state index contributed by atoms with van der Waals surface area (Å²) < 4.78 is 11.5. The molecule has 124 valence electrons. The first-order chi connectivity index (χ1) is 10.1. The Morgan fingerprint density at radius 2 is 1.27 bits per heavy atom. The fourth-order valence-corrected chi connectivity index (χ4v) is 24.5. The Labute approximate surface area is 141 Å². The molecule has 0 bridgehead atoms. The third kappa shape index (κ3) is 4.41. The van der Waals surface area contributed by atoms with Crippen molar-refractivity contribution in [3.8, 4) is 11.1 Å². The van der Waals surface area contributed by atoms with E-state index in [0.29, 0.717) is 0 Å². The molecule has 0 aromatic rings. The largest absolute Gasteiger partial charge is 0.330 e. The molecule has 3 N–H and O–H groups in total. The van der Waals surface area contributed by atoms with Gasteiger partial charge in [0.2, 0.25) is 16.8 Å². The van der Waals surface area contributed by atoms with E-state index in [2.05, 4.69) is 90.0 Å². The van der Waals surface area contributed by atoms with Gasteiger partial charge in [-0.1, -0.05) is 32.2 Å². The fourth-order valence-electron chi connectivity index (χ4n) is 3.21. The summed E-state index contributed by atoms with van der Waals surface area (Å²) in [5, 5.41) is 0. The van der Waals surface area contributed by atoms with Gasteiger partial charge in [-0.25, -0.2) is 0 Å². The van der Waals surface area contributed by atoms with E-state index < -0.39 is 33.3 Å². The highest BCUT2D eigenvalue weighted by Gasteiger charge is 2.49. The second kappa shape index (κ2) is 7.13. The van der Waals surface area contributed by atoms with E-state index in [1.807, 2.05) is 0 Å². The van der Waals surface area contributed by atoms with Crippen molar-refractivity contribution < 1.29 is 0 Å². The third-order valence-corrected chi connectivity index (χ3v) is 24.5. The number of rotatable bonds is 5. The van der Waals surface area contributed by atoms with Crippen molar-refractivity contribution in [1.29, 1.82) is 0 Å². The first-order valence-electron chi connectivity index (χ1n) is 8.33. The Kier molecular flexibility index (Phi) is 6.43. The minimum Gasteiger partial charge on any atom is -0.330 e. The predicted molar refractivity (Wildman–Crippen MR) is 110 cm³/mol. The van der Waals surface area contributed by atoms with Gasteiger partial charge in [-0.05, 0) is 37.8 Å². The van der Waals surface area contributed by atoms with Crippen molar-refractivity contribution in [3.05, 3.63) is 24.6 Å². The molecule has 0 amide bonds. The summed E-state index contributed by atoms with van der Waals surface area (Å²) in [7, 11) is -7.15. The molecule has 1 heterocycles. The minimum atomic E-state index is -2.02. The summed E-state index contributed by atoms with van der Waals surface area (Å²) in [5.41, 5.74) is 11.7. The maximum Gasteiger partial charge on any atom is 0.269 e. The van der Waals surface area contributed by atoms with E-state index in [0.717, 1.165) is 0 Å². The van der Waals surface area contributed by atoms with Crippen LogP contribution in [0.2, 0.25) is 37.8 Å². The molecule has 1 aliphatic rings. The monoisotopic (exact) mass is 367 g/mol. The molecule has 1 aliphatic heterocycles. The zero-order valence-electron chi connectivity index (χ0n) is 15.2. The van der Waals surface area contributed by atoms with Gasteiger partial charge in [0, 0.05) is 0 Å². The smallest absolute Gasteiger partial charge is 0.269 e. The van der Waals surface area contributed by atoms with Crippen LogP contribution in [-0.2, 0) is 0 Å². The molecule has 22 heavy (non-hydrogen) atoms. The second-order valence-corrected chi connectivity index (χ2v) is 23.0. The van der Waals surface area contributed by atoms with Gasteiger partial charge in [0.05, 0.1) is 0 Å². The van der Waals surface area contributed by atoms with Crippen LogP contribution in [-0.4, -0.2) is 33.3 Å². The van der Waals surface area contributed by atoms with Crippen LogP contribution in [0, 0.1) is 11.1 Å². The third-order valence-electron chi connectivity index (χ3n) is 4.96. The average molecular weight is 368 g/mol. The summed E-state index contributed by atoms with van der Waals surface area (Å²) in [6.45, 7) is 21.9. The molecule has 1 saturated heterocycles. The van der Waals surface area contributed by atoms with E-state index >= 15 is 0 Å². The highest BCUT2D eigenvalue weighted by Crippen LogP contribution is 2.20. The van der Waals surface area contributed by atoms with Gasteiger partial charge in [-0.2, -0.15) is 0 Å². The molecule has 0 saturated carbocycles. The molecular weight excluding hydrogens is 335 g/mol. The fraction of sp³-hybridized carbons (Fsp3) is 0.600. The zero-order valence-corrected chi connectivity index (χ0v) is 19.2. The van der Waals surface area contributed by atoms with Gasteiger partial charge < -0.3 is 13.9 Å². The molecule has 3 nitrogen and oxygen atoms in total. The normalized spacial score (nSPS) is 35.4. The summed E-state index contributed by atoms with van der Waals surface area (Å²) in [4.78, 5) is 0.